The van der Waals surface area contributed by atoms with E-state index in [-0.39, 0.29) is 0 Å². The van der Waals surface area contributed by atoms with Gasteiger partial charge in [-0.3, -0.25) is 19.1 Å². The Balaban J connectivity index is 1.25. The fraction of sp³-hybridized carbons (Fsp3) is 0. The van der Waals surface area contributed by atoms with Gasteiger partial charge in [-0.1, -0.05) is 115 Å². The van der Waals surface area contributed by atoms with Crippen LogP contribution in [-0.4, -0.2) is 39.0 Å². The van der Waals surface area contributed by atoms with Gasteiger partial charge < -0.3 is 0 Å². The second kappa shape index (κ2) is 12.9. The predicted octanol–water partition coefficient (Wildman–Crippen LogP) is 10.9. The zero-order valence-corrected chi connectivity index (χ0v) is 29.9. The van der Waals surface area contributed by atoms with Crippen molar-refractivity contribution in [2.45, 2.75) is 0 Å². The Kier molecular flexibility index (Phi) is 7.31. The number of nitrogens with zero attached hydrogens (tertiary/aromatic N) is 8. The summed E-state index contributed by atoms with van der Waals surface area (Å²) in [7, 11) is 0. The van der Waals surface area contributed by atoms with Gasteiger partial charge >= 0.3 is 0 Å². The minimum atomic E-state index is 0.626. The van der Waals surface area contributed by atoms with Crippen LogP contribution >= 0.6 is 0 Å². The Bertz CT molecular complexity index is 3110. The normalized spacial score (nSPS) is 11.6. The second-order valence-corrected chi connectivity index (χ2v) is 13.6. The number of pyridine rings is 2. The van der Waals surface area contributed by atoms with Crippen LogP contribution in [0.2, 0.25) is 0 Å². The molecule has 0 unspecified atom stereocenters. The molecule has 0 bridgehead atoms. The topological polar surface area (TPSA) is 87.2 Å². The summed E-state index contributed by atoms with van der Waals surface area (Å²) >= 11 is 0. The molecule has 0 radical (unpaired) electrons. The minimum absolute atomic E-state index is 0.626. The molecule has 6 heterocycles. The van der Waals surface area contributed by atoms with E-state index in [0.29, 0.717) is 11.6 Å². The van der Waals surface area contributed by atoms with Gasteiger partial charge in [-0.05, 0) is 42.5 Å². The van der Waals surface area contributed by atoms with E-state index in [1.165, 1.54) is 0 Å². The van der Waals surface area contributed by atoms with Gasteiger partial charge in [0.15, 0.2) is 11.6 Å². The van der Waals surface area contributed by atoms with E-state index in [9.17, 15) is 0 Å². The van der Waals surface area contributed by atoms with Gasteiger partial charge in [0.05, 0.1) is 44.8 Å². The zero-order chi connectivity index (χ0) is 37.0. The first-order valence-electron chi connectivity index (χ1n) is 18.5. The maximum absolute atomic E-state index is 5.30. The Morgan fingerprint density at radius 1 is 0.339 bits per heavy atom. The third kappa shape index (κ3) is 5.15. The first kappa shape index (κ1) is 31.7. The molecule has 0 saturated heterocycles. The minimum Gasteiger partial charge on any atom is -0.294 e. The molecule has 0 aliphatic heterocycles. The summed E-state index contributed by atoms with van der Waals surface area (Å²) in [5.74, 6) is 2.75. The molecule has 0 fully saturated rings. The highest BCUT2D eigenvalue weighted by atomic mass is 15.1. The lowest BCUT2D eigenvalue weighted by atomic mass is 10.1. The van der Waals surface area contributed by atoms with Crippen LogP contribution in [0.1, 0.15) is 0 Å². The molecule has 6 aromatic heterocycles. The van der Waals surface area contributed by atoms with E-state index in [1.54, 1.807) is 12.4 Å². The Labute approximate surface area is 321 Å². The molecule has 0 saturated carbocycles. The molecule has 8 nitrogen and oxygen atoms in total. The summed E-state index contributed by atoms with van der Waals surface area (Å²) in [6, 6.07) is 57.6. The van der Waals surface area contributed by atoms with Crippen molar-refractivity contribution in [2.24, 2.45) is 0 Å². The highest BCUT2D eigenvalue weighted by Crippen LogP contribution is 2.42. The fourth-order valence-electron chi connectivity index (χ4n) is 7.81. The van der Waals surface area contributed by atoms with Gasteiger partial charge in [-0.25, -0.2) is 19.9 Å². The summed E-state index contributed by atoms with van der Waals surface area (Å²) in [5, 5.41) is 4.44. The van der Waals surface area contributed by atoms with Crippen molar-refractivity contribution in [2.75, 3.05) is 0 Å². The van der Waals surface area contributed by atoms with Crippen molar-refractivity contribution in [1.82, 2.24) is 39.0 Å². The molecule has 0 amide bonds. The molecule has 8 heteroatoms. The van der Waals surface area contributed by atoms with E-state index < -0.39 is 0 Å². The van der Waals surface area contributed by atoms with Crippen LogP contribution in [0.3, 0.4) is 0 Å². The van der Waals surface area contributed by atoms with Gasteiger partial charge in [0.2, 0.25) is 0 Å². The van der Waals surface area contributed by atoms with Crippen LogP contribution in [-0.2, 0) is 0 Å². The maximum Gasteiger partial charge on any atom is 0.162 e. The number of hydrogen-bond donors (Lipinski definition) is 0. The largest absolute Gasteiger partial charge is 0.294 e. The summed E-state index contributed by atoms with van der Waals surface area (Å²) in [5.41, 5.74) is 9.02. The SMILES string of the molecule is c1ccc(-c2nc(-c3ccccn3)cc(-n3c4ccccc4c4c3ccc3c5ccccc5n(-c5cc(-c6ccccn6)nc(-c6ccccc6)n5)c34)n2)cc1. The molecule has 262 valence electrons. The van der Waals surface area contributed by atoms with Gasteiger partial charge in [0.1, 0.15) is 11.6 Å². The maximum atomic E-state index is 5.30. The average molecular weight is 719 g/mol. The van der Waals surface area contributed by atoms with Crippen LogP contribution in [0.4, 0.5) is 0 Å². The predicted molar refractivity (Wildman–Crippen MR) is 224 cm³/mol. The number of para-hydroxylation sites is 2. The van der Waals surface area contributed by atoms with Crippen LogP contribution in [0, 0.1) is 0 Å². The number of rotatable bonds is 6. The van der Waals surface area contributed by atoms with Crippen molar-refractivity contribution < 1.29 is 0 Å². The monoisotopic (exact) mass is 718 g/mol. The number of aromatic nitrogens is 8. The molecular weight excluding hydrogens is 689 g/mol. The third-order valence-corrected chi connectivity index (χ3v) is 10.3. The van der Waals surface area contributed by atoms with Gasteiger partial charge in [0.25, 0.3) is 0 Å². The standard InChI is InChI=1S/C48H30N8/c1-3-15-31(16-4-1)47-51-38(36-21-11-13-27-49-36)29-43(53-47)55-41-24-10-8-20-35(41)45-42(55)26-25-34-33-19-7-9-23-40(33)56(46(34)45)44-30-39(37-22-12-14-28-50-37)52-48(54-44)32-17-5-2-6-18-32/h1-30H. The van der Waals surface area contributed by atoms with Crippen LogP contribution in [0.15, 0.2) is 182 Å². The molecule has 0 spiro atoms. The first-order valence-corrected chi connectivity index (χ1v) is 18.5. The quantitative estimate of drug-likeness (QED) is 0.170. The molecule has 5 aromatic carbocycles. The van der Waals surface area contributed by atoms with Gasteiger partial charge in [-0.15, -0.1) is 0 Å². The summed E-state index contributed by atoms with van der Waals surface area (Å²) in [6.07, 6.45) is 3.60. The lowest BCUT2D eigenvalue weighted by molar-refractivity contribution is 1.04. The molecule has 0 aliphatic rings. The van der Waals surface area contributed by atoms with E-state index in [4.69, 9.17) is 24.9 Å². The third-order valence-electron chi connectivity index (χ3n) is 10.3. The van der Waals surface area contributed by atoms with Gasteiger partial charge in [-0.2, -0.15) is 0 Å². The summed E-state index contributed by atoms with van der Waals surface area (Å²) < 4.78 is 4.54. The Hall–Kier alpha value is -7.84. The first-order chi connectivity index (χ1) is 27.8. The van der Waals surface area contributed by atoms with Gasteiger partial charge in [0, 0.05) is 57.2 Å². The molecule has 0 aliphatic carbocycles. The summed E-state index contributed by atoms with van der Waals surface area (Å²) in [6.45, 7) is 0. The van der Waals surface area contributed by atoms with Crippen molar-refractivity contribution in [1.29, 1.82) is 0 Å². The molecule has 0 N–H and O–H groups in total. The van der Waals surface area contributed by atoms with Crippen molar-refractivity contribution in [3.63, 3.8) is 0 Å². The van der Waals surface area contributed by atoms with Crippen molar-refractivity contribution in [3.8, 4) is 57.2 Å². The number of fused-ring (bicyclic) bond motifs is 7. The van der Waals surface area contributed by atoms with Crippen LogP contribution in [0.5, 0.6) is 0 Å². The zero-order valence-electron chi connectivity index (χ0n) is 29.9. The lowest BCUT2D eigenvalue weighted by Gasteiger charge is -2.13. The van der Waals surface area contributed by atoms with E-state index in [0.717, 1.165) is 89.2 Å². The van der Waals surface area contributed by atoms with E-state index in [1.807, 2.05) is 109 Å². The van der Waals surface area contributed by atoms with E-state index >= 15 is 0 Å². The van der Waals surface area contributed by atoms with Crippen molar-refractivity contribution >= 4 is 43.6 Å². The molecule has 0 atom stereocenters. The number of hydrogen-bond acceptors (Lipinski definition) is 6. The highest BCUT2D eigenvalue weighted by molar-refractivity contribution is 6.26. The molecular formula is C48H30N8. The lowest BCUT2D eigenvalue weighted by Crippen LogP contribution is -2.04. The molecule has 11 rings (SSSR count). The van der Waals surface area contributed by atoms with Crippen molar-refractivity contribution in [3.05, 3.63) is 182 Å². The molecule has 11 aromatic rings. The summed E-state index contributed by atoms with van der Waals surface area (Å²) in [4.78, 5) is 30.0. The highest BCUT2D eigenvalue weighted by Gasteiger charge is 2.23. The molecule has 56 heavy (non-hydrogen) atoms. The second-order valence-electron chi connectivity index (χ2n) is 13.6. The fourth-order valence-corrected chi connectivity index (χ4v) is 7.81. The average Bonchev–Trinajstić information content (AvgIpc) is 3.80. The Morgan fingerprint density at radius 2 is 0.839 bits per heavy atom. The van der Waals surface area contributed by atoms with Crippen LogP contribution < -0.4 is 0 Å². The van der Waals surface area contributed by atoms with Crippen LogP contribution in [0.25, 0.3) is 101 Å². The van der Waals surface area contributed by atoms with E-state index in [2.05, 4.69) is 74.8 Å². The smallest absolute Gasteiger partial charge is 0.162 e. The Morgan fingerprint density at radius 3 is 1.41 bits per heavy atom. The number of benzene rings is 5.